The fraction of sp³-hybridized carbons (Fsp3) is 0.440. The van der Waals surface area contributed by atoms with E-state index in [2.05, 4.69) is 10.3 Å². The second-order valence-corrected chi connectivity index (χ2v) is 8.70. The predicted octanol–water partition coefficient (Wildman–Crippen LogP) is 2.83. The lowest BCUT2D eigenvalue weighted by Crippen LogP contribution is -2.29. The number of aliphatic hydroxyl groups excluding tert-OH is 1. The Bertz CT molecular complexity index is 1180. The lowest BCUT2D eigenvalue weighted by Gasteiger charge is -2.26. The number of amides is 1. The van der Waals surface area contributed by atoms with Crippen LogP contribution in [0.3, 0.4) is 0 Å². The van der Waals surface area contributed by atoms with Crippen molar-refractivity contribution in [2.75, 3.05) is 25.5 Å². The van der Waals surface area contributed by atoms with E-state index < -0.39 is 0 Å². The first-order valence-electron chi connectivity index (χ1n) is 11.6. The van der Waals surface area contributed by atoms with Crippen molar-refractivity contribution in [1.29, 1.82) is 0 Å². The average molecular weight is 450 g/mol. The van der Waals surface area contributed by atoms with E-state index in [1.165, 1.54) is 13.5 Å². The third-order valence-electron chi connectivity index (χ3n) is 6.48. The summed E-state index contributed by atoms with van der Waals surface area (Å²) in [4.78, 5) is 36.6. The quantitative estimate of drug-likeness (QED) is 0.575. The molecule has 8 heteroatoms. The summed E-state index contributed by atoms with van der Waals surface area (Å²) < 4.78 is 2.02. The van der Waals surface area contributed by atoms with Gasteiger partial charge in [0.05, 0.1) is 12.0 Å². The predicted molar refractivity (Wildman–Crippen MR) is 129 cm³/mol. The van der Waals surface area contributed by atoms with Crippen LogP contribution in [-0.2, 0) is 13.0 Å². The molecule has 1 saturated carbocycles. The van der Waals surface area contributed by atoms with Gasteiger partial charge in [-0.05, 0) is 30.4 Å². The molecule has 1 aromatic carbocycles. The standard InChI is InChI=1S/C25H31N5O3/c1-26-24(33)21-15-30(19-6-4-3-5-7-19)23-20(22(21)32)14-27-25(28-23)29(2)13-12-17-8-10-18(16-31)11-9-17/h8-11,14-15,19,31H,3-7,12-13,16H2,1-2H3,(H,26,33). The van der Waals surface area contributed by atoms with Crippen LogP contribution in [0.4, 0.5) is 5.95 Å². The smallest absolute Gasteiger partial charge is 0.256 e. The fourth-order valence-corrected chi connectivity index (χ4v) is 4.45. The number of benzene rings is 1. The highest BCUT2D eigenvalue weighted by molar-refractivity contribution is 5.96. The van der Waals surface area contributed by atoms with Crippen LogP contribution in [-0.4, -0.2) is 46.2 Å². The van der Waals surface area contributed by atoms with E-state index in [1.54, 1.807) is 12.4 Å². The lowest BCUT2D eigenvalue weighted by atomic mass is 9.95. The molecule has 33 heavy (non-hydrogen) atoms. The van der Waals surface area contributed by atoms with Gasteiger partial charge in [-0.2, -0.15) is 4.98 Å². The Labute approximate surface area is 193 Å². The first-order chi connectivity index (χ1) is 16.0. The Morgan fingerprint density at radius 1 is 1.18 bits per heavy atom. The van der Waals surface area contributed by atoms with Crippen LogP contribution in [0.25, 0.3) is 11.0 Å². The van der Waals surface area contributed by atoms with E-state index in [4.69, 9.17) is 4.98 Å². The highest BCUT2D eigenvalue weighted by Crippen LogP contribution is 2.30. The van der Waals surface area contributed by atoms with Crippen molar-refractivity contribution < 1.29 is 9.90 Å². The molecular weight excluding hydrogens is 418 g/mol. The number of nitrogens with zero attached hydrogens (tertiary/aromatic N) is 4. The van der Waals surface area contributed by atoms with E-state index >= 15 is 0 Å². The summed E-state index contributed by atoms with van der Waals surface area (Å²) in [7, 11) is 3.47. The normalized spacial score (nSPS) is 14.4. The molecule has 1 aliphatic carbocycles. The molecule has 8 nitrogen and oxygen atoms in total. The van der Waals surface area contributed by atoms with Gasteiger partial charge < -0.3 is 19.9 Å². The first-order valence-corrected chi connectivity index (χ1v) is 11.6. The fourth-order valence-electron chi connectivity index (χ4n) is 4.45. The molecule has 0 aliphatic heterocycles. The molecule has 2 heterocycles. The Morgan fingerprint density at radius 3 is 2.55 bits per heavy atom. The molecule has 1 amide bonds. The molecule has 3 aromatic rings. The largest absolute Gasteiger partial charge is 0.392 e. The maximum absolute atomic E-state index is 13.0. The number of rotatable bonds is 7. The van der Waals surface area contributed by atoms with Crippen LogP contribution in [0.2, 0.25) is 0 Å². The van der Waals surface area contributed by atoms with Gasteiger partial charge in [0.2, 0.25) is 11.4 Å². The SMILES string of the molecule is CNC(=O)c1cn(C2CCCCC2)c2nc(N(C)CCc3ccc(CO)cc3)ncc2c1=O. The number of carbonyl (C=O) groups excluding carboxylic acids is 1. The Kier molecular flexibility index (Phi) is 7.03. The lowest BCUT2D eigenvalue weighted by molar-refractivity contribution is 0.0961. The summed E-state index contributed by atoms with van der Waals surface area (Å²) in [5.41, 5.74) is 2.43. The van der Waals surface area contributed by atoms with Gasteiger partial charge >= 0.3 is 0 Å². The van der Waals surface area contributed by atoms with Gasteiger partial charge in [-0.15, -0.1) is 0 Å². The number of aliphatic hydroxyl groups is 1. The van der Waals surface area contributed by atoms with Gasteiger partial charge in [-0.1, -0.05) is 43.5 Å². The van der Waals surface area contributed by atoms with Crippen LogP contribution in [0.1, 0.15) is 59.6 Å². The van der Waals surface area contributed by atoms with Crippen molar-refractivity contribution in [3.63, 3.8) is 0 Å². The number of anilines is 1. The van der Waals surface area contributed by atoms with E-state index in [0.717, 1.165) is 43.2 Å². The number of aromatic nitrogens is 3. The molecule has 0 radical (unpaired) electrons. The number of hydrogen-bond acceptors (Lipinski definition) is 6. The molecule has 1 aliphatic rings. The van der Waals surface area contributed by atoms with Crippen molar-refractivity contribution in [1.82, 2.24) is 19.9 Å². The molecule has 0 unspecified atom stereocenters. The maximum atomic E-state index is 13.0. The van der Waals surface area contributed by atoms with Crippen molar-refractivity contribution in [2.45, 2.75) is 51.2 Å². The second kappa shape index (κ2) is 10.1. The van der Waals surface area contributed by atoms with Crippen molar-refractivity contribution in [3.05, 3.63) is 63.6 Å². The summed E-state index contributed by atoms with van der Waals surface area (Å²) in [6.07, 6.45) is 9.50. The van der Waals surface area contributed by atoms with Crippen LogP contribution in [0.5, 0.6) is 0 Å². The third kappa shape index (κ3) is 4.90. The zero-order valence-corrected chi connectivity index (χ0v) is 19.3. The van der Waals surface area contributed by atoms with E-state index in [-0.39, 0.29) is 29.5 Å². The summed E-state index contributed by atoms with van der Waals surface area (Å²) in [5, 5.41) is 12.2. The zero-order valence-electron chi connectivity index (χ0n) is 19.3. The molecule has 0 spiro atoms. The highest BCUT2D eigenvalue weighted by Gasteiger charge is 2.22. The summed E-state index contributed by atoms with van der Waals surface area (Å²) in [6, 6.07) is 8.09. The topological polar surface area (TPSA) is 100 Å². The number of nitrogens with one attached hydrogen (secondary N) is 1. The second-order valence-electron chi connectivity index (χ2n) is 8.70. The summed E-state index contributed by atoms with van der Waals surface area (Å²) >= 11 is 0. The molecule has 0 bridgehead atoms. The molecule has 2 aromatic heterocycles. The van der Waals surface area contributed by atoms with Gasteiger partial charge in [0.15, 0.2) is 0 Å². The summed E-state index contributed by atoms with van der Waals surface area (Å²) in [6.45, 7) is 0.739. The number of fused-ring (bicyclic) bond motifs is 1. The Morgan fingerprint density at radius 2 is 1.88 bits per heavy atom. The minimum atomic E-state index is -0.389. The molecule has 1 fully saturated rings. The summed E-state index contributed by atoms with van der Waals surface area (Å²) in [5.74, 6) is 0.158. The van der Waals surface area contributed by atoms with Gasteiger partial charge in [-0.3, -0.25) is 9.59 Å². The van der Waals surface area contributed by atoms with Crippen LogP contribution in [0, 0.1) is 0 Å². The highest BCUT2D eigenvalue weighted by atomic mass is 16.3. The van der Waals surface area contributed by atoms with Crippen LogP contribution < -0.4 is 15.6 Å². The monoisotopic (exact) mass is 449 g/mol. The van der Waals surface area contributed by atoms with E-state index in [9.17, 15) is 14.7 Å². The minimum Gasteiger partial charge on any atom is -0.392 e. The zero-order chi connectivity index (χ0) is 23.4. The van der Waals surface area contributed by atoms with Gasteiger partial charge in [-0.25, -0.2) is 4.98 Å². The van der Waals surface area contributed by atoms with Crippen LogP contribution >= 0.6 is 0 Å². The molecule has 0 atom stereocenters. The maximum Gasteiger partial charge on any atom is 0.256 e. The van der Waals surface area contributed by atoms with Crippen molar-refractivity contribution in [3.8, 4) is 0 Å². The van der Waals surface area contributed by atoms with Crippen molar-refractivity contribution >= 4 is 22.9 Å². The molecule has 2 N–H and O–H groups in total. The van der Waals surface area contributed by atoms with Gasteiger partial charge in [0, 0.05) is 39.1 Å². The number of pyridine rings is 1. The molecule has 174 valence electrons. The minimum absolute atomic E-state index is 0.0371. The third-order valence-corrected chi connectivity index (χ3v) is 6.48. The number of carbonyl (C=O) groups is 1. The van der Waals surface area contributed by atoms with Gasteiger partial charge in [0.1, 0.15) is 11.2 Å². The first kappa shape index (κ1) is 22.9. The number of likely N-dealkylation sites (N-methyl/N-ethyl adjacent to an activating group) is 1. The number of hydrogen-bond donors (Lipinski definition) is 2. The molecule has 4 rings (SSSR count). The average Bonchev–Trinajstić information content (AvgIpc) is 2.87. The van der Waals surface area contributed by atoms with Gasteiger partial charge in [0.25, 0.3) is 5.91 Å². The van der Waals surface area contributed by atoms with Crippen LogP contribution in [0.15, 0.2) is 41.5 Å². The van der Waals surface area contributed by atoms with E-state index in [1.807, 2.05) is 40.8 Å². The molecular formula is C25H31N5O3. The Hall–Kier alpha value is -3.26. The molecule has 0 saturated heterocycles. The van der Waals surface area contributed by atoms with Crippen molar-refractivity contribution in [2.24, 2.45) is 0 Å². The Balaban J connectivity index is 1.67. The van der Waals surface area contributed by atoms with E-state index in [0.29, 0.717) is 23.5 Å².